The first kappa shape index (κ1) is 12.6. The molecule has 2 atom stereocenters. The Hall–Kier alpha value is -1.41. The van der Waals surface area contributed by atoms with Gasteiger partial charge in [-0.3, -0.25) is 4.98 Å². The van der Waals surface area contributed by atoms with Crippen LogP contribution in [-0.2, 0) is 6.42 Å². The summed E-state index contributed by atoms with van der Waals surface area (Å²) in [6, 6.07) is 13.5. The Kier molecular flexibility index (Phi) is 3.79. The Morgan fingerprint density at radius 3 is 2.95 bits per heavy atom. The molecular formula is C17H22N2. The van der Waals surface area contributed by atoms with Crippen molar-refractivity contribution in [2.75, 3.05) is 7.05 Å². The van der Waals surface area contributed by atoms with Crippen molar-refractivity contribution < 1.29 is 0 Å². The van der Waals surface area contributed by atoms with E-state index >= 15 is 0 Å². The molecule has 1 aliphatic rings. The quantitative estimate of drug-likeness (QED) is 0.906. The highest BCUT2D eigenvalue weighted by molar-refractivity contribution is 5.78. The van der Waals surface area contributed by atoms with Gasteiger partial charge in [-0.2, -0.15) is 0 Å². The van der Waals surface area contributed by atoms with Gasteiger partial charge >= 0.3 is 0 Å². The maximum Gasteiger partial charge on any atom is 0.0705 e. The van der Waals surface area contributed by atoms with Crippen LogP contribution in [0.25, 0.3) is 10.9 Å². The molecule has 2 nitrogen and oxygen atoms in total. The van der Waals surface area contributed by atoms with Crippen molar-refractivity contribution >= 4 is 10.9 Å². The number of rotatable bonds is 3. The number of para-hydroxylation sites is 1. The number of nitrogens with one attached hydrogen (secondary N) is 1. The second kappa shape index (κ2) is 5.70. The van der Waals surface area contributed by atoms with E-state index in [2.05, 4.69) is 48.8 Å². The highest BCUT2D eigenvalue weighted by atomic mass is 14.9. The van der Waals surface area contributed by atoms with E-state index in [1.165, 1.54) is 36.8 Å². The Bertz CT molecular complexity index is 550. The molecule has 0 saturated heterocycles. The van der Waals surface area contributed by atoms with Crippen LogP contribution in [0.3, 0.4) is 0 Å². The predicted molar refractivity (Wildman–Crippen MR) is 80.3 cm³/mol. The zero-order chi connectivity index (χ0) is 13.1. The van der Waals surface area contributed by atoms with Gasteiger partial charge in [0.2, 0.25) is 0 Å². The first-order valence-electron chi connectivity index (χ1n) is 7.37. The van der Waals surface area contributed by atoms with Crippen molar-refractivity contribution in [3.63, 3.8) is 0 Å². The van der Waals surface area contributed by atoms with Gasteiger partial charge in [-0.1, -0.05) is 30.7 Å². The molecular weight excluding hydrogens is 232 g/mol. The van der Waals surface area contributed by atoms with Gasteiger partial charge in [0.25, 0.3) is 0 Å². The van der Waals surface area contributed by atoms with Crippen LogP contribution in [-0.4, -0.2) is 18.1 Å². The van der Waals surface area contributed by atoms with E-state index in [9.17, 15) is 0 Å². The number of hydrogen-bond acceptors (Lipinski definition) is 2. The van der Waals surface area contributed by atoms with Gasteiger partial charge in [-0.25, -0.2) is 0 Å². The largest absolute Gasteiger partial charge is 0.317 e. The van der Waals surface area contributed by atoms with Gasteiger partial charge in [0.1, 0.15) is 0 Å². The summed E-state index contributed by atoms with van der Waals surface area (Å²) in [6.07, 6.45) is 6.46. The smallest absolute Gasteiger partial charge is 0.0705 e. The maximum absolute atomic E-state index is 4.80. The number of fused-ring (bicyclic) bond motifs is 1. The monoisotopic (exact) mass is 254 g/mol. The second-order valence-electron chi connectivity index (χ2n) is 5.72. The van der Waals surface area contributed by atoms with Crippen molar-refractivity contribution in [3.8, 4) is 0 Å². The minimum atomic E-state index is 0.708. The molecule has 2 unspecified atom stereocenters. The molecule has 1 aliphatic carbocycles. The molecule has 0 bridgehead atoms. The van der Waals surface area contributed by atoms with Gasteiger partial charge < -0.3 is 5.32 Å². The van der Waals surface area contributed by atoms with Crippen molar-refractivity contribution in [1.82, 2.24) is 10.3 Å². The molecule has 1 heterocycles. The SMILES string of the molecule is CNC1CCCC(Cc2ccc3ccccc3n2)C1. The van der Waals surface area contributed by atoms with Gasteiger partial charge in [0, 0.05) is 17.1 Å². The zero-order valence-corrected chi connectivity index (χ0v) is 11.6. The van der Waals surface area contributed by atoms with Crippen molar-refractivity contribution in [2.24, 2.45) is 5.92 Å². The molecule has 0 aliphatic heterocycles. The average Bonchev–Trinajstić information content (AvgIpc) is 2.47. The maximum atomic E-state index is 4.80. The molecule has 1 saturated carbocycles. The van der Waals surface area contributed by atoms with Gasteiger partial charge in [0.15, 0.2) is 0 Å². The summed E-state index contributed by atoms with van der Waals surface area (Å²) in [5.41, 5.74) is 2.38. The highest BCUT2D eigenvalue weighted by Gasteiger charge is 2.21. The summed E-state index contributed by atoms with van der Waals surface area (Å²) in [4.78, 5) is 4.80. The normalized spacial score (nSPS) is 23.6. The van der Waals surface area contributed by atoms with Crippen LogP contribution in [0.2, 0.25) is 0 Å². The lowest BCUT2D eigenvalue weighted by atomic mass is 9.83. The molecule has 0 spiro atoms. The van der Waals surface area contributed by atoms with Crippen molar-refractivity contribution in [1.29, 1.82) is 0 Å². The molecule has 3 rings (SSSR count). The summed E-state index contributed by atoms with van der Waals surface area (Å²) in [5.74, 6) is 0.792. The molecule has 1 aromatic heterocycles. The molecule has 1 fully saturated rings. The van der Waals surface area contributed by atoms with E-state index in [1.54, 1.807) is 0 Å². The van der Waals surface area contributed by atoms with E-state index < -0.39 is 0 Å². The topological polar surface area (TPSA) is 24.9 Å². The lowest BCUT2D eigenvalue weighted by Gasteiger charge is -2.28. The predicted octanol–water partition coefficient (Wildman–Crippen LogP) is 3.56. The third kappa shape index (κ3) is 2.95. The molecule has 0 radical (unpaired) electrons. The number of benzene rings is 1. The lowest BCUT2D eigenvalue weighted by molar-refractivity contribution is 0.293. The summed E-state index contributed by atoms with van der Waals surface area (Å²) in [7, 11) is 2.08. The summed E-state index contributed by atoms with van der Waals surface area (Å²) in [6.45, 7) is 0. The summed E-state index contributed by atoms with van der Waals surface area (Å²) in [5, 5.41) is 4.67. The first-order chi connectivity index (χ1) is 9.35. The van der Waals surface area contributed by atoms with Crippen LogP contribution >= 0.6 is 0 Å². The van der Waals surface area contributed by atoms with Crippen molar-refractivity contribution in [2.45, 2.75) is 38.1 Å². The van der Waals surface area contributed by atoms with Gasteiger partial charge in [-0.05, 0) is 50.8 Å². The van der Waals surface area contributed by atoms with E-state index in [4.69, 9.17) is 4.98 Å². The van der Waals surface area contributed by atoms with Gasteiger partial charge in [-0.15, -0.1) is 0 Å². The first-order valence-corrected chi connectivity index (χ1v) is 7.37. The molecule has 0 amide bonds. The fourth-order valence-electron chi connectivity index (χ4n) is 3.26. The van der Waals surface area contributed by atoms with E-state index in [0.717, 1.165) is 17.9 Å². The summed E-state index contributed by atoms with van der Waals surface area (Å²) < 4.78 is 0. The Morgan fingerprint density at radius 2 is 2.05 bits per heavy atom. The number of pyridine rings is 1. The molecule has 1 N–H and O–H groups in total. The average molecular weight is 254 g/mol. The van der Waals surface area contributed by atoms with E-state index in [-0.39, 0.29) is 0 Å². The molecule has 19 heavy (non-hydrogen) atoms. The van der Waals surface area contributed by atoms with Gasteiger partial charge in [0.05, 0.1) is 5.52 Å². The Morgan fingerprint density at radius 1 is 1.16 bits per heavy atom. The van der Waals surface area contributed by atoms with Crippen LogP contribution in [0.5, 0.6) is 0 Å². The second-order valence-corrected chi connectivity index (χ2v) is 5.72. The lowest BCUT2D eigenvalue weighted by Crippen LogP contribution is -2.32. The molecule has 1 aromatic carbocycles. The molecule has 2 heteroatoms. The standard InChI is InChI=1S/C17H22N2/c1-18-15-7-4-5-13(11-15)12-16-10-9-14-6-2-3-8-17(14)19-16/h2-3,6,8-10,13,15,18H,4-5,7,11-12H2,1H3. The highest BCUT2D eigenvalue weighted by Crippen LogP contribution is 2.27. The third-order valence-electron chi connectivity index (χ3n) is 4.34. The van der Waals surface area contributed by atoms with Crippen LogP contribution in [0.15, 0.2) is 36.4 Å². The number of aromatic nitrogens is 1. The Labute approximate surface area is 115 Å². The van der Waals surface area contributed by atoms with Crippen LogP contribution in [0.4, 0.5) is 0 Å². The van der Waals surface area contributed by atoms with Crippen molar-refractivity contribution in [3.05, 3.63) is 42.1 Å². The van der Waals surface area contributed by atoms with E-state index in [0.29, 0.717) is 6.04 Å². The van der Waals surface area contributed by atoms with E-state index in [1.807, 2.05) is 0 Å². The number of nitrogens with zero attached hydrogens (tertiary/aromatic N) is 1. The summed E-state index contributed by atoms with van der Waals surface area (Å²) >= 11 is 0. The fraction of sp³-hybridized carbons (Fsp3) is 0.471. The minimum absolute atomic E-state index is 0.708. The molecule has 2 aromatic rings. The van der Waals surface area contributed by atoms with Crippen LogP contribution in [0.1, 0.15) is 31.4 Å². The number of hydrogen-bond donors (Lipinski definition) is 1. The van der Waals surface area contributed by atoms with Crippen LogP contribution in [0, 0.1) is 5.92 Å². The van der Waals surface area contributed by atoms with Crippen LogP contribution < -0.4 is 5.32 Å². The Balaban J connectivity index is 1.74. The fourth-order valence-corrected chi connectivity index (χ4v) is 3.26. The minimum Gasteiger partial charge on any atom is -0.317 e. The zero-order valence-electron chi connectivity index (χ0n) is 11.6. The molecule has 100 valence electrons. The third-order valence-corrected chi connectivity index (χ3v) is 4.34.